The van der Waals surface area contributed by atoms with Gasteiger partial charge in [0.05, 0.1) is 0 Å². The summed E-state index contributed by atoms with van der Waals surface area (Å²) in [7, 11) is 0. The minimum absolute atomic E-state index is 0.0339. The van der Waals surface area contributed by atoms with Crippen LogP contribution in [0.4, 0.5) is 0 Å². The third kappa shape index (κ3) is 5.02. The van der Waals surface area contributed by atoms with Crippen molar-refractivity contribution in [1.29, 1.82) is 0 Å². The minimum atomic E-state index is -0.439. The average Bonchev–Trinajstić information content (AvgIpc) is 3.60. The molecule has 3 saturated carbocycles. The molecule has 0 aromatic heterocycles. The molecule has 3 nitrogen and oxygen atoms in total. The van der Waals surface area contributed by atoms with Crippen molar-refractivity contribution in [2.45, 2.75) is 61.5 Å². The molecule has 4 aromatic carbocycles. The van der Waals surface area contributed by atoms with Crippen molar-refractivity contribution >= 4 is 5.97 Å². The van der Waals surface area contributed by atoms with Crippen molar-refractivity contribution < 1.29 is 9.53 Å². The van der Waals surface area contributed by atoms with Gasteiger partial charge in [0, 0.05) is 17.9 Å². The van der Waals surface area contributed by atoms with E-state index in [1.807, 2.05) is 36.4 Å². The number of fused-ring (bicyclic) bond motifs is 3. The Kier molecular flexibility index (Phi) is 7.22. The van der Waals surface area contributed by atoms with Crippen LogP contribution in [0.2, 0.25) is 0 Å². The lowest BCUT2D eigenvalue weighted by molar-refractivity contribution is -0.169. The summed E-state index contributed by atoms with van der Waals surface area (Å²) in [5.41, 5.74) is 4.76. The van der Waals surface area contributed by atoms with E-state index in [-0.39, 0.29) is 23.5 Å². The molecule has 0 N–H and O–H groups in total. The third-order valence-corrected chi connectivity index (χ3v) is 10.1. The van der Waals surface area contributed by atoms with Crippen LogP contribution in [0.25, 0.3) is 0 Å². The number of carbonyl (C=O) groups excluding carboxylic acids is 1. The van der Waals surface area contributed by atoms with Gasteiger partial charge in [-0.2, -0.15) is 0 Å². The lowest BCUT2D eigenvalue weighted by Crippen LogP contribution is -2.62. The highest BCUT2D eigenvalue weighted by Gasteiger charge is 2.59. The van der Waals surface area contributed by atoms with Gasteiger partial charge in [0.2, 0.25) is 0 Å². The molecule has 1 aliphatic heterocycles. The molecule has 3 aliphatic carbocycles. The molecular formula is C38H39NO2. The maximum atomic E-state index is 14.4. The van der Waals surface area contributed by atoms with Crippen molar-refractivity contribution in [3.05, 3.63) is 144 Å². The number of nitrogens with zero attached hydrogens (tertiary/aromatic N) is 1. The summed E-state index contributed by atoms with van der Waals surface area (Å²) in [6.07, 6.45) is 5.57. The van der Waals surface area contributed by atoms with E-state index < -0.39 is 5.92 Å². The Bertz CT molecular complexity index is 1340. The van der Waals surface area contributed by atoms with E-state index in [9.17, 15) is 4.79 Å². The molecule has 4 fully saturated rings. The second kappa shape index (κ2) is 11.3. The molecule has 0 unspecified atom stereocenters. The highest BCUT2D eigenvalue weighted by molar-refractivity contribution is 5.82. The third-order valence-electron chi connectivity index (χ3n) is 10.1. The first kappa shape index (κ1) is 26.2. The predicted octanol–water partition coefficient (Wildman–Crippen LogP) is 7.95. The highest BCUT2D eigenvalue weighted by Crippen LogP contribution is 2.61. The zero-order chi connectivity index (χ0) is 27.6. The van der Waals surface area contributed by atoms with E-state index >= 15 is 0 Å². The molecular weight excluding hydrogens is 502 g/mol. The molecule has 0 spiro atoms. The topological polar surface area (TPSA) is 29.5 Å². The van der Waals surface area contributed by atoms with Gasteiger partial charge >= 0.3 is 5.97 Å². The Morgan fingerprint density at radius 3 is 1.54 bits per heavy atom. The van der Waals surface area contributed by atoms with E-state index in [4.69, 9.17) is 4.74 Å². The largest absolute Gasteiger partial charge is 0.461 e. The number of ether oxygens (including phenoxy) is 1. The number of likely N-dealkylation sites (tertiary alicyclic amines) is 1. The highest BCUT2D eigenvalue weighted by atomic mass is 16.5. The van der Waals surface area contributed by atoms with Gasteiger partial charge < -0.3 is 4.74 Å². The van der Waals surface area contributed by atoms with E-state index in [1.165, 1.54) is 24.0 Å². The van der Waals surface area contributed by atoms with Gasteiger partial charge in [-0.25, -0.2) is 0 Å². The molecule has 2 bridgehead atoms. The Balaban J connectivity index is 1.31. The van der Waals surface area contributed by atoms with Crippen LogP contribution in [0.3, 0.4) is 0 Å². The molecule has 0 amide bonds. The number of carbonyl (C=O) groups is 1. The Labute approximate surface area is 244 Å². The zero-order valence-corrected chi connectivity index (χ0v) is 23.6. The molecule has 1 saturated heterocycles. The van der Waals surface area contributed by atoms with Gasteiger partial charge in [-0.1, -0.05) is 121 Å². The first-order chi connectivity index (χ1) is 20.2. The van der Waals surface area contributed by atoms with E-state index in [0.29, 0.717) is 11.8 Å². The molecule has 4 aromatic rings. The number of hydrogen-bond acceptors (Lipinski definition) is 3. The van der Waals surface area contributed by atoms with Gasteiger partial charge in [0.1, 0.15) is 12.0 Å². The molecule has 3 heteroatoms. The molecule has 8 rings (SSSR count). The van der Waals surface area contributed by atoms with Crippen LogP contribution in [0.1, 0.15) is 72.1 Å². The maximum Gasteiger partial charge on any atom is 0.318 e. The smallest absolute Gasteiger partial charge is 0.318 e. The van der Waals surface area contributed by atoms with Gasteiger partial charge in [-0.05, 0) is 72.9 Å². The van der Waals surface area contributed by atoms with E-state index in [2.05, 4.69) is 89.8 Å². The summed E-state index contributed by atoms with van der Waals surface area (Å²) in [5.74, 6) is 0.352. The summed E-state index contributed by atoms with van der Waals surface area (Å²) >= 11 is 0. The Hall–Kier alpha value is -3.69. The Morgan fingerprint density at radius 1 is 0.634 bits per heavy atom. The number of rotatable bonds is 7. The monoisotopic (exact) mass is 541 g/mol. The average molecular weight is 542 g/mol. The fraction of sp³-hybridized carbons (Fsp3) is 0.342. The van der Waals surface area contributed by atoms with Crippen LogP contribution in [0.5, 0.6) is 0 Å². The van der Waals surface area contributed by atoms with Crippen LogP contribution in [0, 0.1) is 5.92 Å². The van der Waals surface area contributed by atoms with E-state index in [1.54, 1.807) is 0 Å². The van der Waals surface area contributed by atoms with Crippen LogP contribution in [-0.4, -0.2) is 35.6 Å². The van der Waals surface area contributed by atoms with E-state index in [0.717, 1.165) is 43.5 Å². The second-order valence-electron chi connectivity index (χ2n) is 12.4. The molecule has 3 atom stereocenters. The van der Waals surface area contributed by atoms with Crippen molar-refractivity contribution in [2.75, 3.05) is 13.1 Å². The zero-order valence-electron chi connectivity index (χ0n) is 23.6. The first-order valence-electron chi connectivity index (χ1n) is 15.4. The van der Waals surface area contributed by atoms with Crippen molar-refractivity contribution in [3.8, 4) is 0 Å². The van der Waals surface area contributed by atoms with Gasteiger partial charge in [-0.15, -0.1) is 0 Å². The quantitative estimate of drug-likeness (QED) is 0.222. The predicted molar refractivity (Wildman–Crippen MR) is 164 cm³/mol. The van der Waals surface area contributed by atoms with Crippen LogP contribution in [0.15, 0.2) is 121 Å². The van der Waals surface area contributed by atoms with Crippen LogP contribution in [-0.2, 0) is 9.53 Å². The summed E-state index contributed by atoms with van der Waals surface area (Å²) in [4.78, 5) is 17.1. The van der Waals surface area contributed by atoms with Gasteiger partial charge in [-0.3, -0.25) is 9.69 Å². The van der Waals surface area contributed by atoms with Crippen molar-refractivity contribution in [3.63, 3.8) is 0 Å². The van der Waals surface area contributed by atoms with Gasteiger partial charge in [0.15, 0.2) is 0 Å². The number of benzene rings is 4. The molecule has 41 heavy (non-hydrogen) atoms. The number of esters is 1. The molecule has 1 heterocycles. The summed E-state index contributed by atoms with van der Waals surface area (Å²) < 4.78 is 6.82. The second-order valence-corrected chi connectivity index (χ2v) is 12.4. The van der Waals surface area contributed by atoms with Crippen molar-refractivity contribution in [1.82, 2.24) is 4.90 Å². The maximum absolute atomic E-state index is 14.4. The minimum Gasteiger partial charge on any atom is -0.461 e. The van der Waals surface area contributed by atoms with Crippen LogP contribution >= 0.6 is 0 Å². The fourth-order valence-corrected chi connectivity index (χ4v) is 8.40. The lowest BCUT2D eigenvalue weighted by atomic mass is 9.51. The summed E-state index contributed by atoms with van der Waals surface area (Å²) in [6, 6.07) is 42.3. The Morgan fingerprint density at radius 2 is 1.07 bits per heavy atom. The first-order valence-corrected chi connectivity index (χ1v) is 15.4. The standard InChI is InChI=1S/C38H39NO2/c40-37(35(30-19-9-3-10-20-30)31-21-11-4-12-22-31)41-34-27-38(39-23-13-14-24-39)25-32(28-15-5-1-6-16-28)36(34)33(26-38)29-17-7-2-8-18-29/h1-12,15-22,32-36H,13-14,23-27H2/t32-,33-,34+,36?,38?/m0/s1. The molecule has 0 radical (unpaired) electrons. The van der Waals surface area contributed by atoms with Crippen molar-refractivity contribution in [2.24, 2.45) is 5.92 Å². The van der Waals surface area contributed by atoms with Crippen LogP contribution < -0.4 is 0 Å². The summed E-state index contributed by atoms with van der Waals surface area (Å²) in [5, 5.41) is 0. The lowest BCUT2D eigenvalue weighted by Gasteiger charge is -2.61. The molecule has 208 valence electrons. The van der Waals surface area contributed by atoms with Gasteiger partial charge in [0.25, 0.3) is 0 Å². The molecule has 4 aliphatic rings. The number of hydrogen-bond donors (Lipinski definition) is 0. The SMILES string of the molecule is O=C(O[C@@H]1CC2(N3CCCC3)C[C@@H](c3ccccc3)C1[C@H](c1ccccc1)C2)C(c1ccccc1)c1ccccc1. The fourth-order valence-electron chi connectivity index (χ4n) is 8.40. The normalized spacial score (nSPS) is 27.6. The summed E-state index contributed by atoms with van der Waals surface area (Å²) in [6.45, 7) is 2.29.